The Hall–Kier alpha value is -2.28. The van der Waals surface area contributed by atoms with Crippen LogP contribution >= 0.6 is 0 Å². The average Bonchev–Trinajstić information content (AvgIpc) is 3.19. The highest BCUT2D eigenvalue weighted by Crippen LogP contribution is 2.41. The number of rotatable bonds is 2. The van der Waals surface area contributed by atoms with Crippen molar-refractivity contribution in [2.24, 2.45) is 7.05 Å². The molecule has 1 aliphatic carbocycles. The molecule has 4 heteroatoms. The normalized spacial score (nSPS) is 14.4. The summed E-state index contributed by atoms with van der Waals surface area (Å²) in [6.07, 6.45) is 2.41. The summed E-state index contributed by atoms with van der Waals surface area (Å²) in [5.74, 6) is 2.35. The van der Waals surface area contributed by atoms with E-state index in [1.807, 2.05) is 23.7 Å². The number of nitriles is 1. The standard InChI is InChI=1S/C14H14N4/c1-18-13(16)12(17-14(18)11-6-7-11)10-4-2-9(8-15)3-5-10/h2-5,11H,6-7,16H2,1H3. The van der Waals surface area contributed by atoms with Gasteiger partial charge in [-0.25, -0.2) is 4.98 Å². The first-order valence-electron chi connectivity index (χ1n) is 6.03. The largest absolute Gasteiger partial charge is 0.383 e. The van der Waals surface area contributed by atoms with Crippen LogP contribution in [-0.2, 0) is 7.05 Å². The molecule has 90 valence electrons. The monoisotopic (exact) mass is 238 g/mol. The Labute approximate surface area is 106 Å². The number of nitrogens with two attached hydrogens (primary N) is 1. The van der Waals surface area contributed by atoms with Crippen molar-refractivity contribution >= 4 is 5.82 Å². The molecule has 18 heavy (non-hydrogen) atoms. The molecule has 2 aromatic rings. The average molecular weight is 238 g/mol. The van der Waals surface area contributed by atoms with Gasteiger partial charge in [-0.2, -0.15) is 5.26 Å². The molecule has 1 saturated carbocycles. The first-order valence-corrected chi connectivity index (χ1v) is 6.03. The molecule has 3 rings (SSSR count). The number of nitrogen functional groups attached to an aromatic ring is 1. The summed E-state index contributed by atoms with van der Waals surface area (Å²) in [5, 5.41) is 8.79. The Morgan fingerprint density at radius 1 is 1.33 bits per heavy atom. The van der Waals surface area contributed by atoms with Crippen molar-refractivity contribution in [1.29, 1.82) is 5.26 Å². The number of benzene rings is 1. The summed E-state index contributed by atoms with van der Waals surface area (Å²) in [4.78, 5) is 4.65. The number of aromatic nitrogens is 2. The Morgan fingerprint density at radius 3 is 2.56 bits per heavy atom. The molecule has 0 unspecified atom stereocenters. The molecule has 1 aromatic heterocycles. The highest BCUT2D eigenvalue weighted by Gasteiger charge is 2.29. The van der Waals surface area contributed by atoms with Gasteiger partial charge in [-0.15, -0.1) is 0 Å². The highest BCUT2D eigenvalue weighted by molar-refractivity contribution is 5.71. The predicted molar refractivity (Wildman–Crippen MR) is 69.7 cm³/mol. The van der Waals surface area contributed by atoms with E-state index in [0.29, 0.717) is 17.3 Å². The van der Waals surface area contributed by atoms with Crippen molar-refractivity contribution in [2.75, 3.05) is 5.73 Å². The summed E-state index contributed by atoms with van der Waals surface area (Å²) < 4.78 is 1.98. The van der Waals surface area contributed by atoms with Crippen LogP contribution in [0.2, 0.25) is 0 Å². The van der Waals surface area contributed by atoms with E-state index >= 15 is 0 Å². The summed E-state index contributed by atoms with van der Waals surface area (Å²) in [5.41, 5.74) is 8.55. The maximum atomic E-state index is 8.79. The van der Waals surface area contributed by atoms with Crippen LogP contribution in [0.5, 0.6) is 0 Å². The van der Waals surface area contributed by atoms with Gasteiger partial charge in [-0.05, 0) is 25.0 Å². The molecule has 0 spiro atoms. The van der Waals surface area contributed by atoms with E-state index < -0.39 is 0 Å². The van der Waals surface area contributed by atoms with Crippen molar-refractivity contribution in [1.82, 2.24) is 9.55 Å². The predicted octanol–water partition coefficient (Wildman–Crippen LogP) is 2.42. The Morgan fingerprint density at radius 2 is 2.00 bits per heavy atom. The van der Waals surface area contributed by atoms with E-state index in [9.17, 15) is 0 Å². The minimum atomic E-state index is 0.574. The molecule has 1 heterocycles. The van der Waals surface area contributed by atoms with Crippen LogP contribution in [0.1, 0.15) is 30.1 Å². The van der Waals surface area contributed by atoms with Gasteiger partial charge >= 0.3 is 0 Å². The van der Waals surface area contributed by atoms with Gasteiger partial charge in [0, 0.05) is 18.5 Å². The van der Waals surface area contributed by atoms with E-state index in [1.54, 1.807) is 12.1 Å². The van der Waals surface area contributed by atoms with Crippen LogP contribution in [0.25, 0.3) is 11.3 Å². The third-order valence-electron chi connectivity index (χ3n) is 3.40. The lowest BCUT2D eigenvalue weighted by atomic mass is 10.1. The van der Waals surface area contributed by atoms with E-state index in [1.165, 1.54) is 12.8 Å². The molecule has 0 atom stereocenters. The molecule has 0 amide bonds. The lowest BCUT2D eigenvalue weighted by Crippen LogP contribution is -2.00. The zero-order valence-corrected chi connectivity index (χ0v) is 10.2. The zero-order chi connectivity index (χ0) is 12.7. The molecule has 0 saturated heterocycles. The molecule has 1 aromatic carbocycles. The van der Waals surface area contributed by atoms with Gasteiger partial charge in [-0.1, -0.05) is 12.1 Å². The molecular formula is C14H14N4. The minimum absolute atomic E-state index is 0.574. The number of imidazole rings is 1. The molecule has 1 fully saturated rings. The van der Waals surface area contributed by atoms with Gasteiger partial charge in [0.05, 0.1) is 11.6 Å². The zero-order valence-electron chi connectivity index (χ0n) is 10.2. The van der Waals surface area contributed by atoms with Crippen LogP contribution in [0, 0.1) is 11.3 Å². The van der Waals surface area contributed by atoms with Crippen LogP contribution in [0.3, 0.4) is 0 Å². The molecule has 0 aliphatic heterocycles. The van der Waals surface area contributed by atoms with Crippen molar-refractivity contribution in [2.45, 2.75) is 18.8 Å². The van der Waals surface area contributed by atoms with Gasteiger partial charge in [0.2, 0.25) is 0 Å². The minimum Gasteiger partial charge on any atom is -0.383 e. The summed E-state index contributed by atoms with van der Waals surface area (Å²) in [6, 6.07) is 9.49. The van der Waals surface area contributed by atoms with Crippen molar-refractivity contribution in [3.63, 3.8) is 0 Å². The SMILES string of the molecule is Cn1c(C2CC2)nc(-c2ccc(C#N)cc2)c1N. The quantitative estimate of drug-likeness (QED) is 0.873. The maximum absolute atomic E-state index is 8.79. The third-order valence-corrected chi connectivity index (χ3v) is 3.40. The third kappa shape index (κ3) is 1.65. The van der Waals surface area contributed by atoms with Crippen LogP contribution in [0.15, 0.2) is 24.3 Å². The summed E-state index contributed by atoms with van der Waals surface area (Å²) >= 11 is 0. The van der Waals surface area contributed by atoms with E-state index in [2.05, 4.69) is 11.1 Å². The van der Waals surface area contributed by atoms with E-state index in [4.69, 9.17) is 11.0 Å². The first-order chi connectivity index (χ1) is 8.70. The molecule has 2 N–H and O–H groups in total. The first kappa shape index (κ1) is 10.8. The van der Waals surface area contributed by atoms with Crippen LogP contribution < -0.4 is 5.73 Å². The van der Waals surface area contributed by atoms with Gasteiger partial charge < -0.3 is 10.3 Å². The van der Waals surface area contributed by atoms with Crippen molar-refractivity contribution in [3.05, 3.63) is 35.7 Å². The molecule has 0 bridgehead atoms. The van der Waals surface area contributed by atoms with Crippen LogP contribution in [0.4, 0.5) is 5.82 Å². The smallest absolute Gasteiger partial charge is 0.131 e. The Bertz CT molecular complexity index is 627. The van der Waals surface area contributed by atoms with Gasteiger partial charge in [0.15, 0.2) is 0 Å². The van der Waals surface area contributed by atoms with E-state index in [0.717, 1.165) is 17.1 Å². The molecule has 4 nitrogen and oxygen atoms in total. The van der Waals surface area contributed by atoms with Crippen molar-refractivity contribution < 1.29 is 0 Å². The fourth-order valence-corrected chi connectivity index (χ4v) is 2.15. The van der Waals surface area contributed by atoms with Crippen molar-refractivity contribution in [3.8, 4) is 17.3 Å². The second kappa shape index (κ2) is 3.88. The topological polar surface area (TPSA) is 67.6 Å². The second-order valence-electron chi connectivity index (χ2n) is 4.73. The van der Waals surface area contributed by atoms with Crippen LogP contribution in [-0.4, -0.2) is 9.55 Å². The van der Waals surface area contributed by atoms with E-state index in [-0.39, 0.29) is 0 Å². The lowest BCUT2D eigenvalue weighted by molar-refractivity contribution is 0.807. The summed E-state index contributed by atoms with van der Waals surface area (Å²) in [7, 11) is 1.96. The number of nitrogens with zero attached hydrogens (tertiary/aromatic N) is 3. The van der Waals surface area contributed by atoms with Gasteiger partial charge in [-0.3, -0.25) is 0 Å². The Kier molecular flexibility index (Phi) is 2.34. The Balaban J connectivity index is 2.05. The second-order valence-corrected chi connectivity index (χ2v) is 4.73. The number of hydrogen-bond donors (Lipinski definition) is 1. The molecular weight excluding hydrogens is 224 g/mol. The fraction of sp³-hybridized carbons (Fsp3) is 0.286. The highest BCUT2D eigenvalue weighted by atomic mass is 15.1. The fourth-order valence-electron chi connectivity index (χ4n) is 2.15. The number of anilines is 1. The number of hydrogen-bond acceptors (Lipinski definition) is 3. The van der Waals surface area contributed by atoms with Gasteiger partial charge in [0.1, 0.15) is 17.3 Å². The summed E-state index contributed by atoms with van der Waals surface area (Å²) in [6.45, 7) is 0. The molecule has 0 radical (unpaired) electrons. The van der Waals surface area contributed by atoms with Gasteiger partial charge in [0.25, 0.3) is 0 Å². The maximum Gasteiger partial charge on any atom is 0.131 e. The lowest BCUT2D eigenvalue weighted by Gasteiger charge is -2.01. The molecule has 1 aliphatic rings.